The largest absolute Gasteiger partial charge is 0.393 e. The summed E-state index contributed by atoms with van der Waals surface area (Å²) >= 11 is 5.05. The lowest BCUT2D eigenvalue weighted by atomic mass is 10.1. The molecule has 5 heteroatoms. The van der Waals surface area contributed by atoms with Gasteiger partial charge in [0.15, 0.2) is 0 Å². The van der Waals surface area contributed by atoms with E-state index in [4.69, 9.17) is 18.0 Å². The fourth-order valence-corrected chi connectivity index (χ4v) is 2.18. The molecule has 1 heterocycles. The van der Waals surface area contributed by atoms with Crippen LogP contribution in [0.15, 0.2) is 6.07 Å². The van der Waals surface area contributed by atoms with Gasteiger partial charge in [0.05, 0.1) is 16.4 Å². The minimum Gasteiger partial charge on any atom is -0.393 e. The Labute approximate surface area is 122 Å². The van der Waals surface area contributed by atoms with E-state index >= 15 is 0 Å². The van der Waals surface area contributed by atoms with Gasteiger partial charge in [0.1, 0.15) is 0 Å². The van der Waals surface area contributed by atoms with Gasteiger partial charge in [-0.2, -0.15) is 5.10 Å². The molecule has 0 radical (unpaired) electrons. The van der Waals surface area contributed by atoms with E-state index in [-0.39, 0.29) is 5.92 Å². The first-order chi connectivity index (χ1) is 9.01. The van der Waals surface area contributed by atoms with Gasteiger partial charge in [0, 0.05) is 25.6 Å². The van der Waals surface area contributed by atoms with Crippen molar-refractivity contribution in [2.75, 3.05) is 13.1 Å². The number of aryl methyl sites for hydroxylation is 2. The summed E-state index contributed by atoms with van der Waals surface area (Å²) in [6.07, 6.45) is 0.982. The molecule has 19 heavy (non-hydrogen) atoms. The predicted octanol–water partition coefficient (Wildman–Crippen LogP) is 2.21. The van der Waals surface area contributed by atoms with Crippen LogP contribution in [0.1, 0.15) is 39.1 Å². The van der Waals surface area contributed by atoms with Crippen LogP contribution in [0.4, 0.5) is 0 Å². The molecule has 2 N–H and O–H groups in total. The minimum atomic E-state index is 0.249. The Hall–Kier alpha value is -0.940. The van der Waals surface area contributed by atoms with Crippen molar-refractivity contribution in [2.45, 2.75) is 47.2 Å². The normalized spacial score (nSPS) is 12.9. The van der Waals surface area contributed by atoms with E-state index < -0.39 is 0 Å². The summed E-state index contributed by atoms with van der Waals surface area (Å²) < 4.78 is 2.09. The number of aromatic nitrogens is 2. The molecule has 0 saturated carbocycles. The smallest absolute Gasteiger partial charge is 0.0768 e. The van der Waals surface area contributed by atoms with Gasteiger partial charge < -0.3 is 5.73 Å². The highest BCUT2D eigenvalue weighted by Crippen LogP contribution is 2.11. The molecule has 108 valence electrons. The first-order valence-electron chi connectivity index (χ1n) is 7.08. The van der Waals surface area contributed by atoms with Gasteiger partial charge in [0.2, 0.25) is 0 Å². The summed E-state index contributed by atoms with van der Waals surface area (Å²) in [6, 6.07) is 2.21. The number of nitrogens with zero attached hydrogens (tertiary/aromatic N) is 3. The summed E-state index contributed by atoms with van der Waals surface area (Å²) in [5, 5.41) is 4.59. The van der Waals surface area contributed by atoms with Crippen molar-refractivity contribution in [2.24, 2.45) is 11.7 Å². The first kappa shape index (κ1) is 16.1. The molecule has 1 rings (SSSR count). The van der Waals surface area contributed by atoms with Gasteiger partial charge >= 0.3 is 0 Å². The Morgan fingerprint density at radius 2 is 2.16 bits per heavy atom. The van der Waals surface area contributed by atoms with Gasteiger partial charge in [-0.15, -0.1) is 0 Å². The highest BCUT2D eigenvalue weighted by molar-refractivity contribution is 7.80. The van der Waals surface area contributed by atoms with E-state index in [2.05, 4.69) is 48.4 Å². The molecule has 0 spiro atoms. The van der Waals surface area contributed by atoms with Crippen LogP contribution in [-0.4, -0.2) is 32.8 Å². The third kappa shape index (κ3) is 4.58. The summed E-state index contributed by atoms with van der Waals surface area (Å²) in [6.45, 7) is 12.2. The molecular weight excluding hydrogens is 256 g/mol. The van der Waals surface area contributed by atoms with E-state index in [1.165, 1.54) is 5.69 Å². The average Bonchev–Trinajstić information content (AvgIpc) is 2.79. The van der Waals surface area contributed by atoms with Crippen molar-refractivity contribution in [3.63, 3.8) is 0 Å². The molecule has 0 bridgehead atoms. The van der Waals surface area contributed by atoms with Gasteiger partial charge in [-0.3, -0.25) is 9.58 Å². The Kier molecular flexibility index (Phi) is 6.45. The van der Waals surface area contributed by atoms with Crippen LogP contribution >= 0.6 is 12.2 Å². The lowest BCUT2D eigenvalue weighted by Crippen LogP contribution is -2.34. The highest BCUT2D eigenvalue weighted by atomic mass is 32.1. The van der Waals surface area contributed by atoms with E-state index in [1.54, 1.807) is 0 Å². The van der Waals surface area contributed by atoms with Crippen LogP contribution in [0.2, 0.25) is 0 Å². The molecule has 0 aliphatic carbocycles. The molecule has 0 fully saturated rings. The lowest BCUT2D eigenvalue weighted by molar-refractivity contribution is 0.256. The topological polar surface area (TPSA) is 47.1 Å². The Morgan fingerprint density at radius 1 is 1.47 bits per heavy atom. The standard InChI is InChI=1S/C14H26N4S/c1-5-12-8-13(18(7-3)16-12)10-17(6-2)9-11(4)14(15)19/h8,11H,5-7,9-10H2,1-4H3,(H2,15,19). The maximum absolute atomic E-state index is 5.70. The fourth-order valence-electron chi connectivity index (χ4n) is 2.10. The van der Waals surface area contributed by atoms with Gasteiger partial charge in [-0.25, -0.2) is 0 Å². The van der Waals surface area contributed by atoms with Crippen molar-refractivity contribution < 1.29 is 0 Å². The first-order valence-corrected chi connectivity index (χ1v) is 7.49. The molecule has 1 aromatic rings. The van der Waals surface area contributed by atoms with E-state index in [9.17, 15) is 0 Å². The molecule has 0 aromatic carbocycles. The minimum absolute atomic E-state index is 0.249. The lowest BCUT2D eigenvalue weighted by Gasteiger charge is -2.23. The molecule has 0 aliphatic heterocycles. The van der Waals surface area contributed by atoms with Crippen LogP contribution in [0.25, 0.3) is 0 Å². The van der Waals surface area contributed by atoms with Crippen molar-refractivity contribution in [1.29, 1.82) is 0 Å². The maximum Gasteiger partial charge on any atom is 0.0768 e. The summed E-state index contributed by atoms with van der Waals surface area (Å²) in [4.78, 5) is 2.96. The molecule has 0 amide bonds. The molecule has 4 nitrogen and oxygen atoms in total. The second kappa shape index (κ2) is 7.60. The van der Waals surface area contributed by atoms with E-state index in [0.29, 0.717) is 4.99 Å². The summed E-state index contributed by atoms with van der Waals surface area (Å²) in [5.41, 5.74) is 8.14. The zero-order valence-electron chi connectivity index (χ0n) is 12.5. The van der Waals surface area contributed by atoms with Crippen molar-refractivity contribution in [3.8, 4) is 0 Å². The molecular formula is C14H26N4S. The second-order valence-corrected chi connectivity index (χ2v) is 5.40. The van der Waals surface area contributed by atoms with Crippen LogP contribution in [0, 0.1) is 5.92 Å². The van der Waals surface area contributed by atoms with Crippen LogP contribution in [-0.2, 0) is 19.5 Å². The molecule has 1 unspecified atom stereocenters. The van der Waals surface area contributed by atoms with Crippen molar-refractivity contribution in [3.05, 3.63) is 17.5 Å². The van der Waals surface area contributed by atoms with Gasteiger partial charge in [-0.1, -0.05) is 33.0 Å². The second-order valence-electron chi connectivity index (χ2n) is 4.93. The average molecular weight is 282 g/mol. The van der Waals surface area contributed by atoms with Crippen LogP contribution in [0.3, 0.4) is 0 Å². The maximum atomic E-state index is 5.70. The Balaban J connectivity index is 2.74. The molecule has 0 saturated heterocycles. The highest BCUT2D eigenvalue weighted by Gasteiger charge is 2.14. The zero-order chi connectivity index (χ0) is 14.4. The third-order valence-corrected chi connectivity index (χ3v) is 3.83. The zero-order valence-corrected chi connectivity index (χ0v) is 13.3. The van der Waals surface area contributed by atoms with E-state index in [1.807, 2.05) is 0 Å². The monoisotopic (exact) mass is 282 g/mol. The third-order valence-electron chi connectivity index (χ3n) is 3.43. The van der Waals surface area contributed by atoms with Gasteiger partial charge in [-0.05, 0) is 26.0 Å². The molecule has 1 atom stereocenters. The number of rotatable bonds is 8. The summed E-state index contributed by atoms with van der Waals surface area (Å²) in [7, 11) is 0. The number of hydrogen-bond acceptors (Lipinski definition) is 3. The van der Waals surface area contributed by atoms with Crippen LogP contribution < -0.4 is 5.73 Å². The molecule has 1 aromatic heterocycles. The summed E-state index contributed by atoms with van der Waals surface area (Å²) in [5.74, 6) is 0.249. The van der Waals surface area contributed by atoms with E-state index in [0.717, 1.165) is 38.3 Å². The SMILES string of the molecule is CCc1cc(CN(CC)CC(C)C(N)=S)n(CC)n1. The van der Waals surface area contributed by atoms with Crippen molar-refractivity contribution >= 4 is 17.2 Å². The Bertz CT molecular complexity index is 414. The fraction of sp³-hybridized carbons (Fsp3) is 0.714. The van der Waals surface area contributed by atoms with Crippen molar-refractivity contribution in [1.82, 2.24) is 14.7 Å². The van der Waals surface area contributed by atoms with Crippen LogP contribution in [0.5, 0.6) is 0 Å². The number of hydrogen-bond donors (Lipinski definition) is 1. The Morgan fingerprint density at radius 3 is 2.63 bits per heavy atom. The van der Waals surface area contributed by atoms with Gasteiger partial charge in [0.25, 0.3) is 0 Å². The quantitative estimate of drug-likeness (QED) is 0.743. The predicted molar refractivity (Wildman–Crippen MR) is 84.2 cm³/mol. The molecule has 0 aliphatic rings. The number of thiocarbonyl (C=S) groups is 1. The number of nitrogens with two attached hydrogens (primary N) is 1.